The number of nitro groups is 1. The molecule has 7 heteroatoms. The van der Waals surface area contributed by atoms with Crippen LogP contribution < -0.4 is 5.32 Å². The molecule has 92 valence electrons. The van der Waals surface area contributed by atoms with E-state index < -0.39 is 16.7 Å². The van der Waals surface area contributed by atoms with Crippen LogP contribution >= 0.6 is 0 Å². The number of rotatable bonds is 4. The van der Waals surface area contributed by atoms with Crippen molar-refractivity contribution >= 4 is 11.8 Å². The Morgan fingerprint density at radius 3 is 2.76 bits per heavy atom. The largest absolute Gasteiger partial charge is 0.465 e. The number of nitrogens with zero attached hydrogens (tertiary/aromatic N) is 1. The highest BCUT2D eigenvalue weighted by Crippen LogP contribution is 2.17. The van der Waals surface area contributed by atoms with Crippen LogP contribution in [-0.4, -0.2) is 27.0 Å². The van der Waals surface area contributed by atoms with Crippen molar-refractivity contribution in [2.24, 2.45) is 0 Å². The van der Waals surface area contributed by atoms with E-state index in [4.69, 9.17) is 5.11 Å². The first-order valence-electron chi connectivity index (χ1n) is 4.77. The molecule has 1 aromatic carbocycles. The van der Waals surface area contributed by atoms with Crippen molar-refractivity contribution in [3.63, 3.8) is 0 Å². The Hall–Kier alpha value is -2.15. The fraction of sp³-hybridized carbons (Fsp3) is 0.300. The molecular weight excluding hydrogens is 228 g/mol. The molecular formula is C10H12N2O5. The summed E-state index contributed by atoms with van der Waals surface area (Å²) in [7, 11) is 0. The van der Waals surface area contributed by atoms with Crippen LogP contribution in [0, 0.1) is 10.1 Å². The first-order valence-corrected chi connectivity index (χ1v) is 4.77. The summed E-state index contributed by atoms with van der Waals surface area (Å²) in [6, 6.07) is 5.66. The van der Waals surface area contributed by atoms with Crippen LogP contribution in [0.4, 0.5) is 10.5 Å². The SMILES string of the molecule is C[C@](O)(Cc1cccc([N+](=O)[O-])c1)NC(=O)O. The van der Waals surface area contributed by atoms with Crippen LogP contribution in [0.1, 0.15) is 12.5 Å². The highest BCUT2D eigenvalue weighted by atomic mass is 16.6. The second kappa shape index (κ2) is 4.79. The van der Waals surface area contributed by atoms with Crippen molar-refractivity contribution in [2.45, 2.75) is 19.1 Å². The van der Waals surface area contributed by atoms with Crippen LogP contribution in [0.15, 0.2) is 24.3 Å². The molecule has 0 aliphatic rings. The van der Waals surface area contributed by atoms with Crippen LogP contribution in [0.25, 0.3) is 0 Å². The van der Waals surface area contributed by atoms with Crippen molar-refractivity contribution in [3.05, 3.63) is 39.9 Å². The lowest BCUT2D eigenvalue weighted by atomic mass is 10.0. The number of nitro benzene ring substituents is 1. The van der Waals surface area contributed by atoms with Gasteiger partial charge in [-0.25, -0.2) is 4.79 Å². The van der Waals surface area contributed by atoms with Crippen LogP contribution in [0.5, 0.6) is 0 Å². The van der Waals surface area contributed by atoms with Gasteiger partial charge < -0.3 is 10.2 Å². The van der Waals surface area contributed by atoms with Gasteiger partial charge in [0.1, 0.15) is 5.72 Å². The number of carbonyl (C=O) groups is 1. The second-order valence-corrected chi connectivity index (χ2v) is 3.81. The van der Waals surface area contributed by atoms with Gasteiger partial charge in [0.2, 0.25) is 0 Å². The van der Waals surface area contributed by atoms with Gasteiger partial charge in [-0.3, -0.25) is 15.4 Å². The number of carboxylic acid groups (broad SMARTS) is 1. The fourth-order valence-electron chi connectivity index (χ4n) is 1.45. The molecule has 0 aromatic heterocycles. The minimum absolute atomic E-state index is 0.0546. The highest BCUT2D eigenvalue weighted by molar-refractivity contribution is 5.65. The number of hydrogen-bond donors (Lipinski definition) is 3. The normalized spacial score (nSPS) is 13.8. The van der Waals surface area contributed by atoms with E-state index in [1.54, 1.807) is 6.07 Å². The van der Waals surface area contributed by atoms with Gasteiger partial charge in [-0.05, 0) is 12.5 Å². The fourth-order valence-corrected chi connectivity index (χ4v) is 1.45. The zero-order valence-electron chi connectivity index (χ0n) is 9.08. The summed E-state index contributed by atoms with van der Waals surface area (Å²) in [5.74, 6) is 0. The summed E-state index contributed by atoms with van der Waals surface area (Å²) in [4.78, 5) is 20.4. The molecule has 7 nitrogen and oxygen atoms in total. The Balaban J connectivity index is 2.84. The number of hydrogen-bond acceptors (Lipinski definition) is 4. The van der Waals surface area contributed by atoms with E-state index in [2.05, 4.69) is 0 Å². The number of non-ortho nitro benzene ring substituents is 1. The smallest absolute Gasteiger partial charge is 0.406 e. The zero-order valence-corrected chi connectivity index (χ0v) is 9.08. The minimum Gasteiger partial charge on any atom is -0.465 e. The summed E-state index contributed by atoms with van der Waals surface area (Å²) in [6.45, 7) is 1.28. The molecule has 1 atom stereocenters. The van der Waals surface area contributed by atoms with E-state index in [1.165, 1.54) is 25.1 Å². The van der Waals surface area contributed by atoms with Crippen molar-refractivity contribution in [1.29, 1.82) is 0 Å². The maximum Gasteiger partial charge on any atom is 0.406 e. The summed E-state index contributed by atoms with van der Waals surface area (Å²) < 4.78 is 0. The van der Waals surface area contributed by atoms with Gasteiger partial charge in [-0.1, -0.05) is 12.1 Å². The number of aliphatic hydroxyl groups is 1. The molecule has 17 heavy (non-hydrogen) atoms. The monoisotopic (exact) mass is 240 g/mol. The van der Waals surface area contributed by atoms with Gasteiger partial charge in [0.05, 0.1) is 4.92 Å². The Labute approximate surface area is 96.8 Å². The molecule has 0 heterocycles. The predicted molar refractivity (Wildman–Crippen MR) is 58.6 cm³/mol. The first-order chi connectivity index (χ1) is 7.80. The number of nitrogens with one attached hydrogen (secondary N) is 1. The van der Waals surface area contributed by atoms with Gasteiger partial charge in [-0.15, -0.1) is 0 Å². The van der Waals surface area contributed by atoms with Gasteiger partial charge >= 0.3 is 6.09 Å². The number of benzene rings is 1. The molecule has 0 bridgehead atoms. The van der Waals surface area contributed by atoms with E-state index in [-0.39, 0.29) is 12.1 Å². The molecule has 0 fully saturated rings. The molecule has 0 saturated heterocycles. The lowest BCUT2D eigenvalue weighted by Crippen LogP contribution is -2.46. The molecule has 1 amide bonds. The third kappa shape index (κ3) is 4.07. The predicted octanol–water partition coefficient (Wildman–Crippen LogP) is 1.11. The third-order valence-corrected chi connectivity index (χ3v) is 2.05. The van der Waals surface area contributed by atoms with Crippen LogP contribution in [0.3, 0.4) is 0 Å². The Morgan fingerprint density at radius 2 is 2.24 bits per heavy atom. The number of amides is 1. The summed E-state index contributed by atoms with van der Waals surface area (Å²) in [6.07, 6.45) is -1.42. The van der Waals surface area contributed by atoms with Gasteiger partial charge in [0.25, 0.3) is 5.69 Å². The second-order valence-electron chi connectivity index (χ2n) is 3.81. The molecule has 0 saturated carbocycles. The standard InChI is InChI=1S/C10H12N2O5/c1-10(15,11-9(13)14)6-7-3-2-4-8(5-7)12(16)17/h2-5,11,15H,6H2,1H3,(H,13,14)/t10-/m0/s1. The van der Waals surface area contributed by atoms with Gasteiger partial charge in [0, 0.05) is 18.6 Å². The summed E-state index contributed by atoms with van der Waals surface area (Å²) in [5.41, 5.74) is -1.30. The molecule has 0 aliphatic carbocycles. The maximum absolute atomic E-state index is 10.5. The molecule has 0 aliphatic heterocycles. The quantitative estimate of drug-likeness (QED) is 0.414. The summed E-state index contributed by atoms with van der Waals surface area (Å²) >= 11 is 0. The molecule has 0 spiro atoms. The lowest BCUT2D eigenvalue weighted by molar-refractivity contribution is -0.384. The Bertz CT molecular complexity index is 444. The van der Waals surface area contributed by atoms with Crippen LogP contribution in [0.2, 0.25) is 0 Å². The van der Waals surface area contributed by atoms with Gasteiger partial charge in [0.15, 0.2) is 0 Å². The first kappa shape index (κ1) is 12.9. The topological polar surface area (TPSA) is 113 Å². The molecule has 1 aromatic rings. The third-order valence-electron chi connectivity index (χ3n) is 2.05. The summed E-state index contributed by atoms with van der Waals surface area (Å²) in [5, 5.41) is 30.6. The lowest BCUT2D eigenvalue weighted by Gasteiger charge is -2.22. The van der Waals surface area contributed by atoms with Crippen LogP contribution in [-0.2, 0) is 6.42 Å². The average molecular weight is 240 g/mol. The van der Waals surface area contributed by atoms with E-state index >= 15 is 0 Å². The average Bonchev–Trinajstić information content (AvgIpc) is 2.14. The Morgan fingerprint density at radius 1 is 1.59 bits per heavy atom. The molecule has 0 radical (unpaired) electrons. The van der Waals surface area contributed by atoms with Crippen molar-refractivity contribution in [3.8, 4) is 0 Å². The highest BCUT2D eigenvalue weighted by Gasteiger charge is 2.23. The maximum atomic E-state index is 10.5. The Kier molecular flexibility index (Phi) is 3.64. The van der Waals surface area contributed by atoms with Gasteiger partial charge in [-0.2, -0.15) is 0 Å². The minimum atomic E-state index is -1.67. The van der Waals surface area contributed by atoms with E-state index in [0.29, 0.717) is 5.56 Å². The van der Waals surface area contributed by atoms with E-state index in [0.717, 1.165) is 0 Å². The van der Waals surface area contributed by atoms with E-state index in [1.807, 2.05) is 5.32 Å². The van der Waals surface area contributed by atoms with Crippen molar-refractivity contribution in [2.75, 3.05) is 0 Å². The van der Waals surface area contributed by atoms with Crippen molar-refractivity contribution < 1.29 is 19.9 Å². The van der Waals surface area contributed by atoms with E-state index in [9.17, 15) is 20.0 Å². The molecule has 3 N–H and O–H groups in total. The molecule has 0 unspecified atom stereocenters. The van der Waals surface area contributed by atoms with Crippen molar-refractivity contribution in [1.82, 2.24) is 5.32 Å². The zero-order chi connectivity index (χ0) is 13.1. The molecule has 1 rings (SSSR count).